The summed E-state index contributed by atoms with van der Waals surface area (Å²) in [5, 5.41) is 4.79. The smallest absolute Gasteiger partial charge is 0.406 e. The molecule has 2 heterocycles. The van der Waals surface area contributed by atoms with Crippen molar-refractivity contribution in [1.82, 2.24) is 19.7 Å². The molecule has 5 rings (SSSR count). The minimum Gasteiger partial charge on any atom is -0.406 e. The Bertz CT molecular complexity index is 1860. The van der Waals surface area contributed by atoms with Crippen molar-refractivity contribution >= 4 is 40.3 Å². The molecule has 1 aliphatic heterocycles. The highest BCUT2D eigenvalue weighted by Crippen LogP contribution is 2.31. The first-order valence-electron chi connectivity index (χ1n) is 15.6. The highest BCUT2D eigenvalue weighted by molar-refractivity contribution is 8.15. The van der Waals surface area contributed by atoms with Crippen molar-refractivity contribution in [3.63, 3.8) is 0 Å². The van der Waals surface area contributed by atoms with E-state index in [0.29, 0.717) is 29.5 Å². The molecule has 0 radical (unpaired) electrons. The van der Waals surface area contributed by atoms with Crippen LogP contribution in [0.2, 0.25) is 0 Å². The molecule has 0 saturated carbocycles. The Kier molecular flexibility index (Phi) is 10.9. The van der Waals surface area contributed by atoms with Gasteiger partial charge in [-0.1, -0.05) is 55.1 Å². The number of aromatic nitrogens is 3. The summed E-state index contributed by atoms with van der Waals surface area (Å²) in [4.78, 5) is 50.3. The molecule has 0 bridgehead atoms. The molecule has 0 spiro atoms. The van der Waals surface area contributed by atoms with Crippen molar-refractivity contribution in [3.05, 3.63) is 89.7 Å². The normalized spacial score (nSPS) is 14.7. The number of carbonyl (C=O) groups excluding carboxylic acids is 3. The fourth-order valence-corrected chi connectivity index (χ4v) is 6.26. The number of thioether (sulfide) groups is 1. The minimum absolute atomic E-state index is 0.000624. The van der Waals surface area contributed by atoms with E-state index in [-0.39, 0.29) is 29.7 Å². The molecule has 4 aromatic rings. The lowest BCUT2D eigenvalue weighted by atomic mass is 10.0. The summed E-state index contributed by atoms with van der Waals surface area (Å²) in [5.41, 5.74) is 4.93. The number of anilines is 1. The van der Waals surface area contributed by atoms with Gasteiger partial charge < -0.3 is 9.64 Å². The van der Waals surface area contributed by atoms with E-state index in [1.165, 1.54) is 58.9 Å². The monoisotopic (exact) mass is 692 g/mol. The second kappa shape index (κ2) is 15.1. The summed E-state index contributed by atoms with van der Waals surface area (Å²) in [6, 6.07) is 18.3. The van der Waals surface area contributed by atoms with Gasteiger partial charge in [0.25, 0.3) is 0 Å². The average Bonchev–Trinajstić information content (AvgIpc) is 3.69. The first-order chi connectivity index (χ1) is 23.3. The molecule has 49 heavy (non-hydrogen) atoms. The first kappa shape index (κ1) is 35.3. The summed E-state index contributed by atoms with van der Waals surface area (Å²) in [5.74, 6) is -0.431. The fourth-order valence-electron chi connectivity index (χ4n) is 5.38. The van der Waals surface area contributed by atoms with Crippen LogP contribution in [-0.4, -0.2) is 67.8 Å². The number of amidine groups is 1. The van der Waals surface area contributed by atoms with E-state index < -0.39 is 18.3 Å². The van der Waals surface area contributed by atoms with Gasteiger partial charge in [0.05, 0.1) is 17.1 Å². The number of halogens is 3. The highest BCUT2D eigenvalue weighted by Gasteiger charge is 2.33. The molecule has 1 unspecified atom stereocenters. The lowest BCUT2D eigenvalue weighted by Gasteiger charge is -2.26. The zero-order valence-electron chi connectivity index (χ0n) is 27.4. The molecule has 1 aromatic heterocycles. The van der Waals surface area contributed by atoms with Crippen molar-refractivity contribution in [1.29, 1.82) is 0 Å². The molecule has 1 aliphatic rings. The van der Waals surface area contributed by atoms with Crippen LogP contribution in [0.3, 0.4) is 0 Å². The van der Waals surface area contributed by atoms with Crippen LogP contribution in [-0.2, 0) is 27.2 Å². The Morgan fingerprint density at radius 2 is 1.80 bits per heavy atom. The van der Waals surface area contributed by atoms with Crippen molar-refractivity contribution in [2.24, 2.45) is 4.99 Å². The number of rotatable bonds is 11. The van der Waals surface area contributed by atoms with Crippen LogP contribution in [0.15, 0.2) is 78.0 Å². The second-order valence-corrected chi connectivity index (χ2v) is 12.5. The summed E-state index contributed by atoms with van der Waals surface area (Å²) in [6.45, 7) is 5.41. The molecule has 3 aromatic carbocycles. The summed E-state index contributed by atoms with van der Waals surface area (Å²) in [7, 11) is 1.66. The standard InChI is InChI=1S/C35H35F3N6O4S/c1-5-25-10-6-22(2)18-30(25)44-32(47)20-49-34(44)40-31(46)19-28(42(4)23(3)45)13-9-24-7-11-26(12-8-24)33-39-21-43(41-33)27-14-16-29(17-15-27)48-35(36,37)38/h6-8,10-12,14-18,21,28H,5,9,13,19-20H2,1-4H3. The largest absolute Gasteiger partial charge is 0.573 e. The van der Waals surface area contributed by atoms with E-state index in [9.17, 15) is 27.6 Å². The van der Waals surface area contributed by atoms with Gasteiger partial charge in [-0.15, -0.1) is 18.3 Å². The van der Waals surface area contributed by atoms with Gasteiger partial charge in [0.1, 0.15) is 12.1 Å². The number of hydrogen-bond donors (Lipinski definition) is 0. The molecular weight excluding hydrogens is 657 g/mol. The Labute approximate surface area is 286 Å². The van der Waals surface area contributed by atoms with Crippen molar-refractivity contribution in [2.45, 2.75) is 58.9 Å². The molecule has 1 saturated heterocycles. The van der Waals surface area contributed by atoms with Gasteiger partial charge in [-0.25, -0.2) is 9.67 Å². The molecule has 10 nitrogen and oxygen atoms in total. The van der Waals surface area contributed by atoms with Crippen LogP contribution in [0.1, 0.15) is 43.4 Å². The van der Waals surface area contributed by atoms with Gasteiger partial charge in [-0.05, 0) is 73.2 Å². The number of aryl methyl sites for hydroxylation is 3. The van der Waals surface area contributed by atoms with Crippen molar-refractivity contribution in [3.8, 4) is 22.8 Å². The predicted octanol–water partition coefficient (Wildman–Crippen LogP) is 6.54. The Hall–Kier alpha value is -4.98. The van der Waals surface area contributed by atoms with Crippen molar-refractivity contribution < 1.29 is 32.3 Å². The number of benzene rings is 3. The molecule has 3 amide bonds. The summed E-state index contributed by atoms with van der Waals surface area (Å²) < 4.78 is 42.8. The van der Waals surface area contributed by atoms with Crippen LogP contribution in [0.25, 0.3) is 17.1 Å². The van der Waals surface area contributed by atoms with Crippen LogP contribution >= 0.6 is 11.8 Å². The average molecular weight is 693 g/mol. The number of alkyl halides is 3. The number of carbonyl (C=O) groups is 3. The summed E-state index contributed by atoms with van der Waals surface area (Å²) in [6.07, 6.45) is -1.51. The van der Waals surface area contributed by atoms with Crippen LogP contribution in [0.4, 0.5) is 18.9 Å². The fraction of sp³-hybridized carbons (Fsp3) is 0.314. The van der Waals surface area contributed by atoms with Crippen molar-refractivity contribution in [2.75, 3.05) is 17.7 Å². The lowest BCUT2D eigenvalue weighted by molar-refractivity contribution is -0.274. The van der Waals surface area contributed by atoms with Gasteiger partial charge in [0, 0.05) is 32.0 Å². The van der Waals surface area contributed by atoms with Crippen LogP contribution in [0, 0.1) is 6.92 Å². The quantitative estimate of drug-likeness (QED) is 0.176. The Morgan fingerprint density at radius 1 is 1.08 bits per heavy atom. The topological polar surface area (TPSA) is 110 Å². The minimum atomic E-state index is -4.77. The molecule has 1 atom stereocenters. The number of hydrogen-bond acceptors (Lipinski definition) is 7. The number of ether oxygens (including phenoxy) is 1. The maximum absolute atomic E-state index is 13.3. The maximum atomic E-state index is 13.3. The van der Waals surface area contributed by atoms with E-state index in [2.05, 4.69) is 19.8 Å². The van der Waals surface area contributed by atoms with E-state index in [0.717, 1.165) is 34.4 Å². The van der Waals surface area contributed by atoms with Gasteiger partial charge >= 0.3 is 6.36 Å². The third-order valence-corrected chi connectivity index (χ3v) is 9.03. The molecule has 14 heteroatoms. The zero-order valence-corrected chi connectivity index (χ0v) is 28.2. The predicted molar refractivity (Wildman–Crippen MR) is 182 cm³/mol. The third-order valence-electron chi connectivity index (χ3n) is 8.11. The highest BCUT2D eigenvalue weighted by atomic mass is 32.2. The van der Waals surface area contributed by atoms with Crippen LogP contribution < -0.4 is 9.64 Å². The zero-order chi connectivity index (χ0) is 35.3. The van der Waals surface area contributed by atoms with Gasteiger partial charge in [0.15, 0.2) is 11.0 Å². The Balaban J connectivity index is 1.24. The lowest BCUT2D eigenvalue weighted by Crippen LogP contribution is -2.37. The SMILES string of the molecule is CCc1ccc(C)cc1N1C(=O)CSC1=NC(=O)CC(CCc1ccc(-c2ncn(-c3ccc(OC(F)(F)F)cc3)n2)cc1)N(C)C(C)=O. The first-order valence-corrected chi connectivity index (χ1v) is 16.6. The third kappa shape index (κ3) is 8.93. The van der Waals surface area contributed by atoms with E-state index >= 15 is 0 Å². The van der Waals surface area contributed by atoms with E-state index in [1.807, 2.05) is 56.3 Å². The maximum Gasteiger partial charge on any atom is 0.573 e. The molecule has 256 valence electrons. The molecule has 0 N–H and O–H groups in total. The molecular formula is C35H35F3N6O4S. The van der Waals surface area contributed by atoms with E-state index in [1.54, 1.807) is 11.9 Å². The van der Waals surface area contributed by atoms with Gasteiger partial charge in [-0.3, -0.25) is 19.3 Å². The van der Waals surface area contributed by atoms with Gasteiger partial charge in [0.2, 0.25) is 17.7 Å². The van der Waals surface area contributed by atoms with Crippen LogP contribution in [0.5, 0.6) is 5.75 Å². The Morgan fingerprint density at radius 3 is 2.45 bits per heavy atom. The number of nitrogens with zero attached hydrogens (tertiary/aromatic N) is 6. The number of aliphatic imine (C=N–C) groups is 1. The molecule has 0 aliphatic carbocycles. The molecule has 1 fully saturated rings. The van der Waals surface area contributed by atoms with Gasteiger partial charge in [-0.2, -0.15) is 4.99 Å². The number of amides is 3. The summed E-state index contributed by atoms with van der Waals surface area (Å²) >= 11 is 1.23. The second-order valence-electron chi connectivity index (χ2n) is 11.6. The van der Waals surface area contributed by atoms with E-state index in [4.69, 9.17) is 0 Å².